The highest BCUT2D eigenvalue weighted by atomic mass is 16.5. The van der Waals surface area contributed by atoms with Gasteiger partial charge in [-0.2, -0.15) is 0 Å². The maximum atomic E-state index is 12.5. The number of carbonyl (C=O) groups is 2. The number of allylic oxidation sites excluding steroid dienone is 4. The van der Waals surface area contributed by atoms with Crippen LogP contribution in [0.3, 0.4) is 0 Å². The molecule has 6 heteroatoms. The molecule has 2 unspecified atom stereocenters. The first-order chi connectivity index (χ1) is 32.0. The normalized spacial score (nSPS) is 12.7. The van der Waals surface area contributed by atoms with Crippen molar-refractivity contribution >= 4 is 11.9 Å². The van der Waals surface area contributed by atoms with Crippen molar-refractivity contribution in [3.63, 3.8) is 0 Å². The Bertz CT molecular complexity index is 1010. The predicted molar refractivity (Wildman–Crippen MR) is 283 cm³/mol. The van der Waals surface area contributed by atoms with Gasteiger partial charge >= 0.3 is 5.97 Å². The van der Waals surface area contributed by atoms with E-state index in [0.29, 0.717) is 25.9 Å². The summed E-state index contributed by atoms with van der Waals surface area (Å²) in [4.78, 5) is 24.5. The lowest BCUT2D eigenvalue weighted by Crippen LogP contribution is -2.45. The summed E-state index contributed by atoms with van der Waals surface area (Å²) >= 11 is 0. The molecule has 65 heavy (non-hydrogen) atoms. The van der Waals surface area contributed by atoms with Gasteiger partial charge in [0, 0.05) is 12.8 Å². The fourth-order valence-electron chi connectivity index (χ4n) is 9.01. The van der Waals surface area contributed by atoms with Crippen LogP contribution in [0.15, 0.2) is 24.3 Å². The van der Waals surface area contributed by atoms with Gasteiger partial charge in [-0.1, -0.05) is 276 Å². The Balaban J connectivity index is 3.45. The quantitative estimate of drug-likeness (QED) is 0.0321. The minimum absolute atomic E-state index is 0.0162. The molecule has 1 amide bonds. The largest absolute Gasteiger partial charge is 0.466 e. The fraction of sp³-hybridized carbons (Fsp3) is 0.898. The molecule has 3 N–H and O–H groups in total. The van der Waals surface area contributed by atoms with E-state index in [2.05, 4.69) is 43.5 Å². The van der Waals surface area contributed by atoms with Crippen molar-refractivity contribution in [3.8, 4) is 0 Å². The van der Waals surface area contributed by atoms with Crippen molar-refractivity contribution < 1.29 is 24.5 Å². The molecule has 0 aromatic heterocycles. The van der Waals surface area contributed by atoms with Crippen LogP contribution in [0.25, 0.3) is 0 Å². The molecule has 0 bridgehead atoms. The van der Waals surface area contributed by atoms with Gasteiger partial charge in [0.2, 0.25) is 5.91 Å². The number of nitrogens with one attached hydrogen (secondary N) is 1. The number of aliphatic hydroxyl groups excluding tert-OH is 2. The summed E-state index contributed by atoms with van der Waals surface area (Å²) in [6, 6.07) is -0.551. The van der Waals surface area contributed by atoms with Gasteiger partial charge in [-0.15, -0.1) is 0 Å². The molecule has 2 atom stereocenters. The summed E-state index contributed by atoms with van der Waals surface area (Å²) in [5.41, 5.74) is 0. The van der Waals surface area contributed by atoms with Gasteiger partial charge in [-0.25, -0.2) is 0 Å². The highest BCUT2D eigenvalue weighted by Crippen LogP contribution is 2.17. The number of rotatable bonds is 54. The Morgan fingerprint density at radius 3 is 1.22 bits per heavy atom. The summed E-state index contributed by atoms with van der Waals surface area (Å²) in [6.07, 6.45) is 65.9. The van der Waals surface area contributed by atoms with Crippen molar-refractivity contribution in [1.82, 2.24) is 5.32 Å². The fourth-order valence-corrected chi connectivity index (χ4v) is 9.01. The van der Waals surface area contributed by atoms with E-state index >= 15 is 0 Å². The van der Waals surface area contributed by atoms with E-state index in [0.717, 1.165) is 57.8 Å². The second-order valence-electron chi connectivity index (χ2n) is 20.0. The third kappa shape index (κ3) is 51.6. The summed E-state index contributed by atoms with van der Waals surface area (Å²) in [5, 5.41) is 23.3. The third-order valence-corrected chi connectivity index (χ3v) is 13.5. The second-order valence-corrected chi connectivity index (χ2v) is 20.0. The van der Waals surface area contributed by atoms with E-state index in [1.807, 2.05) is 0 Å². The monoisotopic (exact) mass is 916 g/mol. The highest BCUT2D eigenvalue weighted by Gasteiger charge is 2.20. The lowest BCUT2D eigenvalue weighted by molar-refractivity contribution is -0.143. The van der Waals surface area contributed by atoms with Crippen LogP contribution in [0.2, 0.25) is 0 Å². The van der Waals surface area contributed by atoms with Crippen LogP contribution in [-0.2, 0) is 14.3 Å². The second kappa shape index (κ2) is 54.9. The smallest absolute Gasteiger partial charge is 0.305 e. The van der Waals surface area contributed by atoms with Gasteiger partial charge in [0.05, 0.1) is 25.4 Å². The Morgan fingerprint density at radius 1 is 0.431 bits per heavy atom. The van der Waals surface area contributed by atoms with E-state index in [1.54, 1.807) is 0 Å². The van der Waals surface area contributed by atoms with Crippen LogP contribution >= 0.6 is 0 Å². The number of aliphatic hydroxyl groups is 2. The summed E-state index contributed by atoms with van der Waals surface area (Å²) in [5.74, 6) is -0.0597. The molecule has 0 fully saturated rings. The molecule has 0 heterocycles. The lowest BCUT2D eigenvalue weighted by Gasteiger charge is -2.22. The first-order valence-corrected chi connectivity index (χ1v) is 29.1. The maximum Gasteiger partial charge on any atom is 0.305 e. The Kier molecular flexibility index (Phi) is 53.5. The first kappa shape index (κ1) is 63.3. The number of ether oxygens (including phenoxy) is 1. The number of hydrogen-bond donors (Lipinski definition) is 3. The number of esters is 1. The van der Waals surface area contributed by atoms with Crippen LogP contribution in [0.4, 0.5) is 0 Å². The average Bonchev–Trinajstić information content (AvgIpc) is 3.31. The number of carbonyl (C=O) groups excluding carboxylic acids is 2. The zero-order valence-corrected chi connectivity index (χ0v) is 43.7. The van der Waals surface area contributed by atoms with E-state index in [4.69, 9.17) is 4.74 Å². The molecule has 0 spiro atoms. The Morgan fingerprint density at radius 2 is 0.785 bits per heavy atom. The molecule has 0 aromatic carbocycles. The molecular formula is C59H113NO5. The number of unbranched alkanes of at least 4 members (excludes halogenated alkanes) is 39. The Labute approximate surface area is 405 Å². The van der Waals surface area contributed by atoms with Crippen LogP contribution < -0.4 is 5.32 Å². The van der Waals surface area contributed by atoms with Crippen molar-refractivity contribution in [1.29, 1.82) is 0 Å². The van der Waals surface area contributed by atoms with Crippen LogP contribution in [0.5, 0.6) is 0 Å². The van der Waals surface area contributed by atoms with Gasteiger partial charge in [-0.05, 0) is 51.4 Å². The minimum Gasteiger partial charge on any atom is -0.466 e. The maximum absolute atomic E-state index is 12.5. The zero-order valence-electron chi connectivity index (χ0n) is 43.7. The predicted octanol–water partition coefficient (Wildman–Crippen LogP) is 17.9. The molecule has 0 aliphatic rings. The summed E-state index contributed by atoms with van der Waals surface area (Å²) in [7, 11) is 0. The first-order valence-electron chi connectivity index (χ1n) is 29.1. The lowest BCUT2D eigenvalue weighted by atomic mass is 10.0. The van der Waals surface area contributed by atoms with Crippen LogP contribution in [0.1, 0.15) is 316 Å². The van der Waals surface area contributed by atoms with Crippen molar-refractivity contribution in [2.75, 3.05) is 13.2 Å². The molecule has 0 radical (unpaired) electrons. The molecule has 6 nitrogen and oxygen atoms in total. The molecule has 0 rings (SSSR count). The SMILES string of the molecule is CCCC/C=C\C/C=C\CCCCCCCC(=O)OCCCCCCCCCCCCCCCCC(=O)NC(CO)C(O)CCCCCCCCCCCCCCCCCCCCCC. The van der Waals surface area contributed by atoms with Crippen LogP contribution in [-0.4, -0.2) is 47.4 Å². The average molecular weight is 917 g/mol. The van der Waals surface area contributed by atoms with E-state index in [9.17, 15) is 19.8 Å². The van der Waals surface area contributed by atoms with Crippen LogP contribution in [0, 0.1) is 0 Å². The standard InChI is InChI=1S/C59H113NO5/c1-3-5-7-9-11-13-15-17-19-20-21-22-23-24-27-31-35-39-43-47-51-57(62)56(55-61)60-58(63)52-48-44-40-36-32-28-25-26-30-34-38-42-46-50-54-65-59(64)53-49-45-41-37-33-29-18-16-14-12-10-8-6-4-2/h10,12,16,18,56-57,61-62H,3-9,11,13-15,17,19-55H2,1-2H3,(H,60,63)/b12-10-,18-16-. The molecule has 384 valence electrons. The van der Waals surface area contributed by atoms with E-state index in [-0.39, 0.29) is 18.5 Å². The molecule has 0 saturated heterocycles. The van der Waals surface area contributed by atoms with Crippen molar-refractivity contribution in [2.24, 2.45) is 0 Å². The van der Waals surface area contributed by atoms with Crippen molar-refractivity contribution in [2.45, 2.75) is 328 Å². The van der Waals surface area contributed by atoms with Gasteiger partial charge in [0.1, 0.15) is 0 Å². The highest BCUT2D eigenvalue weighted by molar-refractivity contribution is 5.76. The number of amides is 1. The minimum atomic E-state index is -0.672. The van der Waals surface area contributed by atoms with E-state index < -0.39 is 12.1 Å². The molecule has 0 aromatic rings. The third-order valence-electron chi connectivity index (χ3n) is 13.5. The zero-order chi connectivity index (χ0) is 47.2. The van der Waals surface area contributed by atoms with Gasteiger partial charge in [0.15, 0.2) is 0 Å². The van der Waals surface area contributed by atoms with E-state index in [1.165, 1.54) is 225 Å². The molecule has 0 saturated carbocycles. The topological polar surface area (TPSA) is 95.9 Å². The molecule has 0 aliphatic heterocycles. The molecule has 0 aliphatic carbocycles. The summed E-state index contributed by atoms with van der Waals surface area (Å²) < 4.78 is 5.46. The van der Waals surface area contributed by atoms with Crippen molar-refractivity contribution in [3.05, 3.63) is 24.3 Å². The summed E-state index contributed by atoms with van der Waals surface area (Å²) in [6.45, 7) is 4.90. The van der Waals surface area contributed by atoms with Gasteiger partial charge < -0.3 is 20.3 Å². The molecular weight excluding hydrogens is 803 g/mol. The number of hydrogen-bond acceptors (Lipinski definition) is 5. The Hall–Kier alpha value is -1.66. The van der Waals surface area contributed by atoms with Gasteiger partial charge in [-0.3, -0.25) is 9.59 Å². The van der Waals surface area contributed by atoms with Gasteiger partial charge in [0.25, 0.3) is 0 Å².